The van der Waals surface area contributed by atoms with Crippen LogP contribution in [0.15, 0.2) is 24.3 Å². The predicted molar refractivity (Wildman–Crippen MR) is 66.8 cm³/mol. The van der Waals surface area contributed by atoms with Crippen molar-refractivity contribution in [3.05, 3.63) is 29.8 Å². The summed E-state index contributed by atoms with van der Waals surface area (Å²) in [6.45, 7) is 5.92. The first-order chi connectivity index (χ1) is 7.79. The molecule has 88 valence electrons. The third-order valence-corrected chi connectivity index (χ3v) is 3.49. The third-order valence-electron chi connectivity index (χ3n) is 3.49. The lowest BCUT2D eigenvalue weighted by Crippen LogP contribution is -2.33. The van der Waals surface area contributed by atoms with Crippen LogP contribution >= 0.6 is 0 Å². The van der Waals surface area contributed by atoms with Gasteiger partial charge in [0, 0.05) is 0 Å². The lowest BCUT2D eigenvalue weighted by atomic mass is 9.89. The van der Waals surface area contributed by atoms with Gasteiger partial charge in [-0.2, -0.15) is 0 Å². The summed E-state index contributed by atoms with van der Waals surface area (Å²) in [5, 5.41) is 9.26. The lowest BCUT2D eigenvalue weighted by molar-refractivity contribution is 0.213. The van der Waals surface area contributed by atoms with E-state index in [4.69, 9.17) is 0 Å². The summed E-state index contributed by atoms with van der Waals surface area (Å²) in [7, 11) is 0. The number of rotatable bonds is 3. The zero-order chi connectivity index (χ0) is 11.4. The molecule has 16 heavy (non-hydrogen) atoms. The number of aromatic hydroxyl groups is 1. The van der Waals surface area contributed by atoms with Crippen LogP contribution in [0.1, 0.15) is 37.7 Å². The largest absolute Gasteiger partial charge is 0.508 e. The summed E-state index contributed by atoms with van der Waals surface area (Å²) in [5.41, 5.74) is 1.38. The maximum Gasteiger partial charge on any atom is 0.115 e. The van der Waals surface area contributed by atoms with Crippen molar-refractivity contribution in [2.24, 2.45) is 0 Å². The molecule has 1 N–H and O–H groups in total. The molecule has 1 heterocycles. The van der Waals surface area contributed by atoms with Crippen LogP contribution in [-0.2, 0) is 0 Å². The van der Waals surface area contributed by atoms with Crippen molar-refractivity contribution >= 4 is 0 Å². The third kappa shape index (κ3) is 2.76. The van der Waals surface area contributed by atoms with Crippen molar-refractivity contribution in [2.45, 2.75) is 32.1 Å². The molecule has 0 radical (unpaired) electrons. The van der Waals surface area contributed by atoms with E-state index in [0.717, 1.165) is 0 Å². The van der Waals surface area contributed by atoms with Crippen molar-refractivity contribution < 1.29 is 5.11 Å². The Balaban J connectivity index is 1.91. The van der Waals surface area contributed by atoms with Crippen LogP contribution in [0.2, 0.25) is 0 Å². The Hall–Kier alpha value is -1.02. The topological polar surface area (TPSA) is 23.5 Å². The van der Waals surface area contributed by atoms with Crippen molar-refractivity contribution in [3.63, 3.8) is 0 Å². The van der Waals surface area contributed by atoms with Gasteiger partial charge in [-0.3, -0.25) is 0 Å². The SMILES string of the molecule is CCCN1CCC(c2ccc(O)cc2)CC1. The van der Waals surface area contributed by atoms with Gasteiger partial charge >= 0.3 is 0 Å². The van der Waals surface area contributed by atoms with Crippen LogP contribution in [0.5, 0.6) is 5.75 Å². The fraction of sp³-hybridized carbons (Fsp3) is 0.571. The number of benzene rings is 1. The molecular weight excluding hydrogens is 198 g/mol. The van der Waals surface area contributed by atoms with Gasteiger partial charge in [-0.25, -0.2) is 0 Å². The number of hydrogen-bond donors (Lipinski definition) is 1. The Labute approximate surface area is 97.9 Å². The van der Waals surface area contributed by atoms with Crippen molar-refractivity contribution in [2.75, 3.05) is 19.6 Å². The maximum atomic E-state index is 9.26. The molecule has 2 heteroatoms. The molecule has 1 aliphatic heterocycles. The average Bonchev–Trinajstić information content (AvgIpc) is 2.32. The Morgan fingerprint density at radius 3 is 2.38 bits per heavy atom. The summed E-state index contributed by atoms with van der Waals surface area (Å²) in [6, 6.07) is 7.73. The standard InChI is InChI=1S/C14H21NO/c1-2-9-15-10-7-13(8-11-15)12-3-5-14(16)6-4-12/h3-6,13,16H,2,7-11H2,1H3. The highest BCUT2D eigenvalue weighted by Gasteiger charge is 2.19. The fourth-order valence-corrected chi connectivity index (χ4v) is 2.55. The first-order valence-corrected chi connectivity index (χ1v) is 6.31. The van der Waals surface area contributed by atoms with Crippen molar-refractivity contribution in [1.29, 1.82) is 0 Å². The molecule has 0 bridgehead atoms. The van der Waals surface area contributed by atoms with Crippen LogP contribution in [0, 0.1) is 0 Å². The van der Waals surface area contributed by atoms with Gasteiger partial charge in [0.15, 0.2) is 0 Å². The molecule has 0 unspecified atom stereocenters. The van der Waals surface area contributed by atoms with Crippen LogP contribution in [0.4, 0.5) is 0 Å². The first-order valence-electron chi connectivity index (χ1n) is 6.31. The molecule has 0 amide bonds. The molecule has 0 aliphatic carbocycles. The van der Waals surface area contributed by atoms with Gasteiger partial charge in [0.05, 0.1) is 0 Å². The molecule has 1 aliphatic rings. The minimum absolute atomic E-state index is 0.368. The minimum Gasteiger partial charge on any atom is -0.508 e. The quantitative estimate of drug-likeness (QED) is 0.844. The molecule has 0 aromatic heterocycles. The van der Waals surface area contributed by atoms with E-state index in [1.165, 1.54) is 44.5 Å². The van der Waals surface area contributed by atoms with E-state index in [2.05, 4.69) is 24.0 Å². The second-order valence-electron chi connectivity index (χ2n) is 4.71. The number of likely N-dealkylation sites (tertiary alicyclic amines) is 1. The highest BCUT2D eigenvalue weighted by atomic mass is 16.3. The van der Waals surface area contributed by atoms with Crippen LogP contribution in [0.3, 0.4) is 0 Å². The molecule has 1 saturated heterocycles. The smallest absolute Gasteiger partial charge is 0.115 e. The lowest BCUT2D eigenvalue weighted by Gasteiger charge is -2.31. The number of piperidine rings is 1. The molecule has 1 aromatic carbocycles. The van der Waals surface area contributed by atoms with Crippen molar-refractivity contribution in [1.82, 2.24) is 4.90 Å². The summed E-state index contributed by atoms with van der Waals surface area (Å²) >= 11 is 0. The number of hydrogen-bond acceptors (Lipinski definition) is 2. The van der Waals surface area contributed by atoms with Gasteiger partial charge < -0.3 is 10.0 Å². The summed E-state index contributed by atoms with van der Waals surface area (Å²) in [4.78, 5) is 2.55. The van der Waals surface area contributed by atoms with Crippen LogP contribution in [0.25, 0.3) is 0 Å². The number of phenols is 1. The Morgan fingerprint density at radius 2 is 1.81 bits per heavy atom. The first kappa shape index (κ1) is 11.5. The molecule has 2 nitrogen and oxygen atoms in total. The Bertz CT molecular complexity index is 312. The summed E-state index contributed by atoms with van der Waals surface area (Å²) < 4.78 is 0. The van der Waals surface area contributed by atoms with E-state index in [1.807, 2.05) is 0 Å². The zero-order valence-corrected chi connectivity index (χ0v) is 10.0. The molecule has 2 rings (SSSR count). The number of nitrogens with zero attached hydrogens (tertiary/aromatic N) is 1. The van der Waals surface area contributed by atoms with Crippen LogP contribution in [-0.4, -0.2) is 29.6 Å². The van der Waals surface area contributed by atoms with Gasteiger partial charge in [0.25, 0.3) is 0 Å². The van der Waals surface area contributed by atoms with E-state index in [-0.39, 0.29) is 0 Å². The van der Waals surface area contributed by atoms with E-state index in [1.54, 1.807) is 12.1 Å². The fourth-order valence-electron chi connectivity index (χ4n) is 2.55. The second-order valence-corrected chi connectivity index (χ2v) is 4.71. The van der Waals surface area contributed by atoms with Crippen LogP contribution < -0.4 is 0 Å². The highest BCUT2D eigenvalue weighted by Crippen LogP contribution is 2.28. The average molecular weight is 219 g/mol. The van der Waals surface area contributed by atoms with E-state index < -0.39 is 0 Å². The molecule has 0 atom stereocenters. The van der Waals surface area contributed by atoms with Gasteiger partial charge in [0.2, 0.25) is 0 Å². The van der Waals surface area contributed by atoms with E-state index in [0.29, 0.717) is 11.7 Å². The summed E-state index contributed by atoms with van der Waals surface area (Å²) in [6.07, 6.45) is 3.76. The predicted octanol–water partition coefficient (Wildman–Crippen LogP) is 2.98. The van der Waals surface area contributed by atoms with Gasteiger partial charge in [-0.15, -0.1) is 0 Å². The highest BCUT2D eigenvalue weighted by molar-refractivity contribution is 5.28. The van der Waals surface area contributed by atoms with E-state index >= 15 is 0 Å². The maximum absolute atomic E-state index is 9.26. The zero-order valence-electron chi connectivity index (χ0n) is 10.0. The molecular formula is C14H21NO. The van der Waals surface area contributed by atoms with Crippen molar-refractivity contribution in [3.8, 4) is 5.75 Å². The minimum atomic E-state index is 0.368. The van der Waals surface area contributed by atoms with Gasteiger partial charge in [0.1, 0.15) is 5.75 Å². The van der Waals surface area contributed by atoms with E-state index in [9.17, 15) is 5.11 Å². The molecule has 1 fully saturated rings. The molecule has 1 aromatic rings. The normalized spacial score (nSPS) is 18.8. The second kappa shape index (κ2) is 5.35. The van der Waals surface area contributed by atoms with Gasteiger partial charge in [-0.1, -0.05) is 19.1 Å². The molecule has 0 saturated carbocycles. The number of phenolic OH excluding ortho intramolecular Hbond substituents is 1. The monoisotopic (exact) mass is 219 g/mol. The van der Waals surface area contributed by atoms with Gasteiger partial charge in [-0.05, 0) is 62.5 Å². The Morgan fingerprint density at radius 1 is 1.19 bits per heavy atom. The Kier molecular flexibility index (Phi) is 3.83. The summed E-state index contributed by atoms with van der Waals surface area (Å²) in [5.74, 6) is 1.06. The molecule has 0 spiro atoms.